The van der Waals surface area contributed by atoms with Crippen LogP contribution in [0.25, 0.3) is 0 Å². The van der Waals surface area contributed by atoms with Gasteiger partial charge in [0.15, 0.2) is 5.78 Å². The van der Waals surface area contributed by atoms with E-state index in [4.69, 9.17) is 9.84 Å². The van der Waals surface area contributed by atoms with Crippen LogP contribution in [-0.2, 0) is 24.2 Å². The standard InChI is InChI=1S/C21H24O5/c1-3-4-19-16(8-11-18(14(2)22)21(19)25)13-26-17-9-5-15(6-10-17)7-12-20(23)24/h5-6,8-11,25H,3-4,7,12-13H2,1-2H3,(H,23,24). The fraction of sp³-hybridized carbons (Fsp3) is 0.333. The number of aromatic hydroxyl groups is 1. The van der Waals surface area contributed by atoms with Gasteiger partial charge in [0.05, 0.1) is 5.56 Å². The molecule has 0 atom stereocenters. The van der Waals surface area contributed by atoms with E-state index in [1.165, 1.54) is 6.92 Å². The molecule has 2 aromatic carbocycles. The number of carbonyl (C=O) groups excluding carboxylic acids is 1. The molecule has 26 heavy (non-hydrogen) atoms. The minimum atomic E-state index is -0.817. The molecule has 0 aromatic heterocycles. The molecule has 2 N–H and O–H groups in total. The highest BCUT2D eigenvalue weighted by Gasteiger charge is 2.15. The largest absolute Gasteiger partial charge is 0.507 e. The third-order valence-corrected chi connectivity index (χ3v) is 4.20. The van der Waals surface area contributed by atoms with Gasteiger partial charge in [0.2, 0.25) is 0 Å². The highest BCUT2D eigenvalue weighted by atomic mass is 16.5. The topological polar surface area (TPSA) is 83.8 Å². The van der Waals surface area contributed by atoms with E-state index >= 15 is 0 Å². The van der Waals surface area contributed by atoms with Crippen LogP contribution in [0.5, 0.6) is 11.5 Å². The van der Waals surface area contributed by atoms with Crippen molar-refractivity contribution in [1.29, 1.82) is 0 Å². The average Bonchev–Trinajstić information content (AvgIpc) is 2.61. The zero-order valence-electron chi connectivity index (χ0n) is 15.1. The minimum absolute atomic E-state index is 0.0458. The smallest absolute Gasteiger partial charge is 0.303 e. The first-order valence-electron chi connectivity index (χ1n) is 8.70. The zero-order valence-corrected chi connectivity index (χ0v) is 15.1. The van der Waals surface area contributed by atoms with Crippen LogP contribution in [0.15, 0.2) is 36.4 Å². The molecule has 138 valence electrons. The number of phenolic OH excluding ortho intramolecular Hbond substituents is 1. The van der Waals surface area contributed by atoms with E-state index in [1.54, 1.807) is 18.2 Å². The summed E-state index contributed by atoms with van der Waals surface area (Å²) >= 11 is 0. The summed E-state index contributed by atoms with van der Waals surface area (Å²) in [5, 5.41) is 19.1. The Kier molecular flexibility index (Phi) is 6.78. The molecule has 0 aliphatic rings. The summed E-state index contributed by atoms with van der Waals surface area (Å²) < 4.78 is 5.80. The molecule has 0 saturated carbocycles. The lowest BCUT2D eigenvalue weighted by Crippen LogP contribution is -2.04. The number of hydrogen-bond donors (Lipinski definition) is 2. The third kappa shape index (κ3) is 5.09. The molecule has 5 heteroatoms. The number of carboxylic acid groups (broad SMARTS) is 1. The molecule has 0 heterocycles. The van der Waals surface area contributed by atoms with Crippen LogP contribution in [0.2, 0.25) is 0 Å². The van der Waals surface area contributed by atoms with E-state index < -0.39 is 5.97 Å². The molecule has 0 fully saturated rings. The van der Waals surface area contributed by atoms with Gasteiger partial charge < -0.3 is 14.9 Å². The van der Waals surface area contributed by atoms with E-state index in [-0.39, 0.29) is 24.6 Å². The van der Waals surface area contributed by atoms with E-state index in [9.17, 15) is 14.7 Å². The predicted octanol–water partition coefficient (Wildman–Crippen LogP) is 4.14. The normalized spacial score (nSPS) is 10.5. The number of carboxylic acids is 1. The Bertz CT molecular complexity index is 778. The number of Topliss-reactive ketones (excluding diaryl/α,β-unsaturated/α-hetero) is 1. The maximum atomic E-state index is 11.6. The highest BCUT2D eigenvalue weighted by Crippen LogP contribution is 2.29. The van der Waals surface area contributed by atoms with Crippen LogP contribution < -0.4 is 4.74 Å². The number of aryl methyl sites for hydroxylation is 1. The Morgan fingerprint density at radius 1 is 1.04 bits per heavy atom. The van der Waals surface area contributed by atoms with Crippen molar-refractivity contribution in [3.8, 4) is 11.5 Å². The number of ketones is 1. The van der Waals surface area contributed by atoms with Crippen LogP contribution >= 0.6 is 0 Å². The molecule has 0 unspecified atom stereocenters. The van der Waals surface area contributed by atoms with Crippen LogP contribution in [-0.4, -0.2) is 22.0 Å². The average molecular weight is 356 g/mol. The van der Waals surface area contributed by atoms with Gasteiger partial charge >= 0.3 is 5.97 Å². The molecule has 0 saturated heterocycles. The Morgan fingerprint density at radius 3 is 2.31 bits per heavy atom. The summed E-state index contributed by atoms with van der Waals surface area (Å²) in [6.07, 6.45) is 2.10. The van der Waals surface area contributed by atoms with Gasteiger partial charge in [-0.1, -0.05) is 31.5 Å². The summed E-state index contributed by atoms with van der Waals surface area (Å²) in [7, 11) is 0. The molecule has 0 bridgehead atoms. The van der Waals surface area contributed by atoms with Crippen molar-refractivity contribution in [3.63, 3.8) is 0 Å². The highest BCUT2D eigenvalue weighted by molar-refractivity contribution is 5.97. The number of rotatable bonds is 9. The van der Waals surface area contributed by atoms with E-state index in [2.05, 4.69) is 0 Å². The molecule has 0 spiro atoms. The predicted molar refractivity (Wildman–Crippen MR) is 98.8 cm³/mol. The molecule has 2 aromatic rings. The van der Waals surface area contributed by atoms with Gasteiger partial charge in [0.25, 0.3) is 0 Å². The monoisotopic (exact) mass is 356 g/mol. The number of benzene rings is 2. The maximum absolute atomic E-state index is 11.6. The second-order valence-electron chi connectivity index (χ2n) is 6.23. The zero-order chi connectivity index (χ0) is 19.1. The minimum Gasteiger partial charge on any atom is -0.507 e. The van der Waals surface area contributed by atoms with Gasteiger partial charge in [-0.05, 0) is 49.1 Å². The van der Waals surface area contributed by atoms with Crippen LogP contribution in [0.3, 0.4) is 0 Å². The van der Waals surface area contributed by atoms with Crippen molar-refractivity contribution in [2.24, 2.45) is 0 Å². The Morgan fingerprint density at radius 2 is 1.73 bits per heavy atom. The lowest BCUT2D eigenvalue weighted by atomic mass is 9.97. The summed E-state index contributed by atoms with van der Waals surface area (Å²) in [6, 6.07) is 10.8. The fourth-order valence-electron chi connectivity index (χ4n) is 2.79. The number of carbonyl (C=O) groups is 2. The lowest BCUT2D eigenvalue weighted by molar-refractivity contribution is -0.136. The summed E-state index contributed by atoms with van der Waals surface area (Å²) in [4.78, 5) is 22.2. The van der Waals surface area contributed by atoms with Gasteiger partial charge in [0.1, 0.15) is 18.1 Å². The molecule has 0 radical (unpaired) electrons. The Balaban J connectivity index is 2.10. The molecule has 0 aliphatic heterocycles. The second-order valence-corrected chi connectivity index (χ2v) is 6.23. The fourth-order valence-corrected chi connectivity index (χ4v) is 2.79. The van der Waals surface area contributed by atoms with E-state index in [0.29, 0.717) is 24.2 Å². The first-order chi connectivity index (χ1) is 12.4. The second kappa shape index (κ2) is 9.04. The van der Waals surface area contributed by atoms with Crippen molar-refractivity contribution in [1.82, 2.24) is 0 Å². The van der Waals surface area contributed by atoms with Crippen molar-refractivity contribution in [2.75, 3.05) is 0 Å². The number of phenols is 1. The van der Waals surface area contributed by atoms with E-state index in [1.807, 2.05) is 25.1 Å². The third-order valence-electron chi connectivity index (χ3n) is 4.20. The summed E-state index contributed by atoms with van der Waals surface area (Å²) in [6.45, 7) is 3.74. The van der Waals surface area contributed by atoms with E-state index in [0.717, 1.165) is 23.1 Å². The quantitative estimate of drug-likeness (QED) is 0.660. The number of hydrogen-bond acceptors (Lipinski definition) is 4. The molecular formula is C21H24O5. The van der Waals surface area contributed by atoms with Crippen LogP contribution in [0.1, 0.15) is 53.7 Å². The van der Waals surface area contributed by atoms with Gasteiger partial charge in [-0.2, -0.15) is 0 Å². The van der Waals surface area contributed by atoms with Crippen molar-refractivity contribution < 1.29 is 24.5 Å². The molecule has 2 rings (SSSR count). The van der Waals surface area contributed by atoms with Crippen molar-refractivity contribution in [3.05, 3.63) is 58.7 Å². The SMILES string of the molecule is CCCc1c(COc2ccc(CCC(=O)O)cc2)ccc(C(C)=O)c1O. The lowest BCUT2D eigenvalue weighted by Gasteiger charge is -2.14. The number of aliphatic carboxylic acids is 1. The van der Waals surface area contributed by atoms with Crippen LogP contribution in [0, 0.1) is 0 Å². The Labute approximate surface area is 153 Å². The molecule has 5 nitrogen and oxygen atoms in total. The molecule has 0 aliphatic carbocycles. The molecular weight excluding hydrogens is 332 g/mol. The van der Waals surface area contributed by atoms with Gasteiger partial charge in [0, 0.05) is 12.0 Å². The van der Waals surface area contributed by atoms with Crippen molar-refractivity contribution >= 4 is 11.8 Å². The number of ether oxygens (including phenoxy) is 1. The summed E-state index contributed by atoms with van der Waals surface area (Å²) in [5.41, 5.74) is 2.87. The Hall–Kier alpha value is -2.82. The van der Waals surface area contributed by atoms with Gasteiger partial charge in [-0.25, -0.2) is 0 Å². The first kappa shape index (κ1) is 19.5. The summed E-state index contributed by atoms with van der Waals surface area (Å²) in [5.74, 6) is -0.266. The molecule has 0 amide bonds. The first-order valence-corrected chi connectivity index (χ1v) is 8.70. The van der Waals surface area contributed by atoms with Crippen molar-refractivity contribution in [2.45, 2.75) is 46.1 Å². The van der Waals surface area contributed by atoms with Gasteiger partial charge in [-0.15, -0.1) is 0 Å². The maximum Gasteiger partial charge on any atom is 0.303 e. The van der Waals surface area contributed by atoms with Crippen LogP contribution in [0.4, 0.5) is 0 Å². The van der Waals surface area contributed by atoms with Gasteiger partial charge in [-0.3, -0.25) is 9.59 Å².